The highest BCUT2D eigenvalue weighted by Gasteiger charge is 2.33. The van der Waals surface area contributed by atoms with Crippen LogP contribution in [0, 0.1) is 0 Å². The Labute approximate surface area is 118 Å². The van der Waals surface area contributed by atoms with Crippen molar-refractivity contribution in [1.29, 1.82) is 0 Å². The molecule has 0 unspecified atom stereocenters. The minimum absolute atomic E-state index is 0.220. The summed E-state index contributed by atoms with van der Waals surface area (Å²) in [7, 11) is 1.70. The lowest BCUT2D eigenvalue weighted by Crippen LogP contribution is -2.43. The molecule has 0 atom stereocenters. The van der Waals surface area contributed by atoms with Crippen LogP contribution in [-0.2, 0) is 0 Å². The second-order valence-electron chi connectivity index (χ2n) is 5.22. The minimum atomic E-state index is -0.716. The van der Waals surface area contributed by atoms with Crippen molar-refractivity contribution in [1.82, 2.24) is 4.90 Å². The maximum absolute atomic E-state index is 12.0. The Morgan fingerprint density at radius 3 is 2.53 bits per heavy atom. The highest BCUT2D eigenvalue weighted by atomic mass is 35.5. The van der Waals surface area contributed by atoms with E-state index in [0.29, 0.717) is 17.3 Å². The number of carbonyl (C=O) groups is 1. The van der Waals surface area contributed by atoms with Gasteiger partial charge in [-0.2, -0.15) is 0 Å². The largest absolute Gasteiger partial charge is 0.388 e. The molecule has 104 valence electrons. The van der Waals surface area contributed by atoms with E-state index in [1.165, 1.54) is 4.90 Å². The van der Waals surface area contributed by atoms with Crippen molar-refractivity contribution >= 4 is 23.3 Å². The zero-order chi connectivity index (χ0) is 13.9. The lowest BCUT2D eigenvalue weighted by Gasteiger charge is -2.28. The summed E-state index contributed by atoms with van der Waals surface area (Å²) in [4.78, 5) is 13.5. The fraction of sp³-hybridized carbons (Fsp3) is 0.500. The molecule has 1 aliphatic carbocycles. The Bertz CT molecular complexity index is 441. The molecule has 1 aromatic rings. The zero-order valence-electron chi connectivity index (χ0n) is 11.0. The van der Waals surface area contributed by atoms with Crippen molar-refractivity contribution in [3.63, 3.8) is 0 Å². The highest BCUT2D eigenvalue weighted by molar-refractivity contribution is 6.30. The maximum Gasteiger partial charge on any atom is 0.321 e. The van der Waals surface area contributed by atoms with Crippen LogP contribution in [0.2, 0.25) is 5.02 Å². The Morgan fingerprint density at radius 2 is 1.95 bits per heavy atom. The van der Waals surface area contributed by atoms with E-state index in [4.69, 9.17) is 11.6 Å². The quantitative estimate of drug-likeness (QED) is 0.895. The van der Waals surface area contributed by atoms with Crippen molar-refractivity contribution < 1.29 is 9.90 Å². The molecule has 0 spiro atoms. The van der Waals surface area contributed by atoms with Crippen LogP contribution in [0.5, 0.6) is 0 Å². The van der Waals surface area contributed by atoms with Gasteiger partial charge in [-0.3, -0.25) is 0 Å². The first-order chi connectivity index (χ1) is 8.98. The zero-order valence-corrected chi connectivity index (χ0v) is 11.8. The number of carbonyl (C=O) groups excluding carboxylic acids is 1. The number of anilines is 1. The molecule has 0 aliphatic heterocycles. The smallest absolute Gasteiger partial charge is 0.321 e. The second kappa shape index (κ2) is 5.80. The van der Waals surface area contributed by atoms with Crippen molar-refractivity contribution in [2.75, 3.05) is 18.9 Å². The second-order valence-corrected chi connectivity index (χ2v) is 5.66. The van der Waals surface area contributed by atoms with Gasteiger partial charge in [-0.05, 0) is 37.1 Å². The van der Waals surface area contributed by atoms with Gasteiger partial charge in [0.25, 0.3) is 0 Å². The molecule has 1 aliphatic rings. The Balaban J connectivity index is 1.90. The summed E-state index contributed by atoms with van der Waals surface area (Å²) in [6.07, 6.45) is 3.60. The van der Waals surface area contributed by atoms with Gasteiger partial charge < -0.3 is 15.3 Å². The third-order valence-corrected chi connectivity index (χ3v) is 3.76. The number of halogens is 1. The van der Waals surface area contributed by atoms with Crippen LogP contribution in [0.4, 0.5) is 10.5 Å². The van der Waals surface area contributed by atoms with Gasteiger partial charge >= 0.3 is 6.03 Å². The molecule has 0 bridgehead atoms. The van der Waals surface area contributed by atoms with Gasteiger partial charge in [0.1, 0.15) is 0 Å². The Morgan fingerprint density at radius 1 is 1.37 bits per heavy atom. The molecular weight excluding hydrogens is 264 g/mol. The van der Waals surface area contributed by atoms with Crippen LogP contribution in [0.25, 0.3) is 0 Å². The van der Waals surface area contributed by atoms with Gasteiger partial charge in [-0.15, -0.1) is 0 Å². The van der Waals surface area contributed by atoms with Gasteiger partial charge in [0.05, 0.1) is 12.1 Å². The molecule has 4 nitrogen and oxygen atoms in total. The van der Waals surface area contributed by atoms with Crippen LogP contribution in [0.15, 0.2) is 24.3 Å². The predicted octanol–water partition coefficient (Wildman–Crippen LogP) is 3.11. The number of aliphatic hydroxyl groups is 1. The molecular formula is C14H19ClN2O2. The Kier molecular flexibility index (Phi) is 4.32. The van der Waals surface area contributed by atoms with E-state index in [1.807, 2.05) is 0 Å². The van der Waals surface area contributed by atoms with Crippen molar-refractivity contribution in [2.24, 2.45) is 0 Å². The summed E-state index contributed by atoms with van der Waals surface area (Å²) in [6.45, 7) is 0.367. The van der Waals surface area contributed by atoms with E-state index in [-0.39, 0.29) is 6.03 Å². The van der Waals surface area contributed by atoms with Gasteiger partial charge in [0, 0.05) is 17.8 Å². The summed E-state index contributed by atoms with van der Waals surface area (Å²) in [5.41, 5.74) is -0.0221. The van der Waals surface area contributed by atoms with Crippen molar-refractivity contribution in [3.8, 4) is 0 Å². The number of nitrogens with one attached hydrogen (secondary N) is 1. The van der Waals surface area contributed by atoms with Crippen molar-refractivity contribution in [3.05, 3.63) is 29.3 Å². The number of amides is 2. The topological polar surface area (TPSA) is 52.6 Å². The maximum atomic E-state index is 12.0. The van der Waals surface area contributed by atoms with Crippen LogP contribution >= 0.6 is 11.6 Å². The summed E-state index contributed by atoms with van der Waals surface area (Å²) in [6, 6.07) is 6.72. The third-order valence-electron chi connectivity index (χ3n) is 3.51. The molecule has 0 saturated heterocycles. The lowest BCUT2D eigenvalue weighted by atomic mass is 10.0. The number of nitrogens with zero attached hydrogens (tertiary/aromatic N) is 1. The lowest BCUT2D eigenvalue weighted by molar-refractivity contribution is 0.0262. The van der Waals surface area contributed by atoms with Crippen molar-refractivity contribution in [2.45, 2.75) is 31.3 Å². The Hall–Kier alpha value is -1.26. The van der Waals surface area contributed by atoms with Crippen LogP contribution in [0.1, 0.15) is 25.7 Å². The summed E-state index contributed by atoms with van der Waals surface area (Å²) in [5, 5.41) is 13.7. The molecule has 2 rings (SSSR count). The van der Waals surface area contributed by atoms with E-state index in [1.54, 1.807) is 31.3 Å². The first-order valence-corrected chi connectivity index (χ1v) is 6.86. The normalized spacial score (nSPS) is 17.2. The first-order valence-electron chi connectivity index (χ1n) is 6.49. The number of benzene rings is 1. The van der Waals surface area contributed by atoms with E-state index in [0.717, 1.165) is 25.7 Å². The SMILES string of the molecule is CN(CC1(O)CCCC1)C(=O)Nc1ccc(Cl)cc1. The number of likely N-dealkylation sites (N-methyl/N-ethyl adjacent to an activating group) is 1. The molecule has 0 radical (unpaired) electrons. The number of hydrogen-bond donors (Lipinski definition) is 2. The van der Waals surface area contributed by atoms with E-state index < -0.39 is 5.60 Å². The molecule has 1 aromatic carbocycles. The molecule has 0 heterocycles. The summed E-state index contributed by atoms with van der Waals surface area (Å²) < 4.78 is 0. The monoisotopic (exact) mass is 282 g/mol. The standard InChI is InChI=1S/C14H19ClN2O2/c1-17(10-14(19)8-2-3-9-14)13(18)16-12-6-4-11(15)5-7-12/h4-7,19H,2-3,8-10H2,1H3,(H,16,18). The van der Waals surface area contributed by atoms with Crippen LogP contribution in [0.3, 0.4) is 0 Å². The average Bonchev–Trinajstić information content (AvgIpc) is 2.78. The number of urea groups is 1. The molecule has 2 amide bonds. The highest BCUT2D eigenvalue weighted by Crippen LogP contribution is 2.30. The van der Waals surface area contributed by atoms with Crippen LogP contribution in [-0.4, -0.2) is 35.2 Å². The fourth-order valence-electron chi connectivity index (χ4n) is 2.46. The van der Waals surface area contributed by atoms with Gasteiger partial charge in [0.15, 0.2) is 0 Å². The molecule has 1 fully saturated rings. The number of hydrogen-bond acceptors (Lipinski definition) is 2. The molecule has 5 heteroatoms. The summed E-state index contributed by atoms with van der Waals surface area (Å²) >= 11 is 5.79. The van der Waals surface area contributed by atoms with E-state index in [9.17, 15) is 9.90 Å². The molecule has 0 aromatic heterocycles. The predicted molar refractivity (Wildman–Crippen MR) is 76.5 cm³/mol. The van der Waals surface area contributed by atoms with Gasteiger partial charge in [0.2, 0.25) is 0 Å². The van der Waals surface area contributed by atoms with E-state index in [2.05, 4.69) is 5.32 Å². The minimum Gasteiger partial charge on any atom is -0.388 e. The van der Waals surface area contributed by atoms with Gasteiger partial charge in [-0.25, -0.2) is 4.79 Å². The van der Waals surface area contributed by atoms with E-state index >= 15 is 0 Å². The summed E-state index contributed by atoms with van der Waals surface area (Å²) in [5.74, 6) is 0. The molecule has 19 heavy (non-hydrogen) atoms. The molecule has 2 N–H and O–H groups in total. The van der Waals surface area contributed by atoms with Crippen LogP contribution < -0.4 is 5.32 Å². The molecule has 1 saturated carbocycles. The fourth-order valence-corrected chi connectivity index (χ4v) is 2.58. The number of rotatable bonds is 3. The first kappa shape index (κ1) is 14.2. The third kappa shape index (κ3) is 3.85. The average molecular weight is 283 g/mol. The van der Waals surface area contributed by atoms with Gasteiger partial charge in [-0.1, -0.05) is 24.4 Å².